The van der Waals surface area contributed by atoms with Crippen molar-refractivity contribution in [2.24, 2.45) is 5.92 Å². The molecule has 2 N–H and O–H groups in total. The van der Waals surface area contributed by atoms with Crippen molar-refractivity contribution in [2.75, 3.05) is 19.7 Å². The smallest absolute Gasteiger partial charge is 0.317 e. The molecule has 0 aromatic rings. The number of hydrogen-bond donors (Lipinski definition) is 2. The van der Waals surface area contributed by atoms with Crippen LogP contribution in [0.1, 0.15) is 33.1 Å². The van der Waals surface area contributed by atoms with Gasteiger partial charge in [0.2, 0.25) is 0 Å². The van der Waals surface area contributed by atoms with E-state index < -0.39 is 0 Å². The quantitative estimate of drug-likeness (QED) is 0.741. The van der Waals surface area contributed by atoms with Gasteiger partial charge in [-0.05, 0) is 39.0 Å². The number of aliphatic hydroxyl groups is 1. The third-order valence-electron chi connectivity index (χ3n) is 2.76. The molecule has 0 saturated carbocycles. The summed E-state index contributed by atoms with van der Waals surface area (Å²) in [6, 6.07) is 0.225. The number of piperidine rings is 1. The number of hydrogen-bond acceptors (Lipinski definition) is 2. The molecule has 0 radical (unpaired) electrons. The molecule has 0 spiro atoms. The first kappa shape index (κ1) is 12.3. The normalized spacial score (nSPS) is 21.9. The van der Waals surface area contributed by atoms with Crippen LogP contribution in [-0.4, -0.2) is 41.8 Å². The molecule has 0 aliphatic carbocycles. The molecule has 1 aliphatic heterocycles. The average molecular weight is 214 g/mol. The number of carbonyl (C=O) groups excluding carboxylic acids is 1. The Morgan fingerprint density at radius 2 is 2.33 bits per heavy atom. The monoisotopic (exact) mass is 214 g/mol. The lowest BCUT2D eigenvalue weighted by Crippen LogP contribution is -2.47. The van der Waals surface area contributed by atoms with Crippen molar-refractivity contribution in [2.45, 2.75) is 39.2 Å². The van der Waals surface area contributed by atoms with E-state index >= 15 is 0 Å². The van der Waals surface area contributed by atoms with Crippen molar-refractivity contribution < 1.29 is 9.90 Å². The zero-order valence-corrected chi connectivity index (χ0v) is 9.70. The van der Waals surface area contributed by atoms with Crippen molar-refractivity contribution in [3.05, 3.63) is 0 Å². The molecule has 0 bridgehead atoms. The third kappa shape index (κ3) is 4.08. The van der Waals surface area contributed by atoms with Gasteiger partial charge in [0.1, 0.15) is 0 Å². The number of likely N-dealkylation sites (tertiary alicyclic amines) is 1. The Hall–Kier alpha value is -0.770. The summed E-state index contributed by atoms with van der Waals surface area (Å²) in [6.07, 6.45) is 2.99. The van der Waals surface area contributed by atoms with E-state index in [0.717, 1.165) is 32.4 Å². The molecule has 1 aliphatic rings. The maximum absolute atomic E-state index is 11.7. The molecule has 1 unspecified atom stereocenters. The predicted octanol–water partition coefficient (Wildman–Crippen LogP) is 1.20. The number of rotatable bonds is 3. The second-order valence-corrected chi connectivity index (χ2v) is 4.57. The highest BCUT2D eigenvalue weighted by atomic mass is 16.3. The van der Waals surface area contributed by atoms with Crippen LogP contribution in [0.25, 0.3) is 0 Å². The van der Waals surface area contributed by atoms with Crippen LogP contribution in [0, 0.1) is 5.92 Å². The van der Waals surface area contributed by atoms with Gasteiger partial charge >= 0.3 is 6.03 Å². The van der Waals surface area contributed by atoms with Gasteiger partial charge in [-0.15, -0.1) is 0 Å². The van der Waals surface area contributed by atoms with E-state index in [1.807, 2.05) is 18.7 Å². The summed E-state index contributed by atoms with van der Waals surface area (Å²) in [5.41, 5.74) is 0. The molecule has 15 heavy (non-hydrogen) atoms. The second-order valence-electron chi connectivity index (χ2n) is 4.57. The summed E-state index contributed by atoms with van der Waals surface area (Å²) in [6.45, 7) is 5.80. The van der Waals surface area contributed by atoms with Gasteiger partial charge in [0.15, 0.2) is 0 Å². The van der Waals surface area contributed by atoms with E-state index in [1.165, 1.54) is 0 Å². The van der Waals surface area contributed by atoms with E-state index in [4.69, 9.17) is 5.11 Å². The van der Waals surface area contributed by atoms with Crippen LogP contribution in [0.5, 0.6) is 0 Å². The van der Waals surface area contributed by atoms with E-state index in [0.29, 0.717) is 5.92 Å². The zero-order chi connectivity index (χ0) is 11.3. The Balaban J connectivity index is 2.38. The highest BCUT2D eigenvalue weighted by Gasteiger charge is 2.23. The van der Waals surface area contributed by atoms with Gasteiger partial charge in [-0.25, -0.2) is 4.79 Å². The first-order valence-corrected chi connectivity index (χ1v) is 5.79. The molecule has 0 aromatic carbocycles. The van der Waals surface area contributed by atoms with Gasteiger partial charge in [0, 0.05) is 25.7 Å². The van der Waals surface area contributed by atoms with Gasteiger partial charge in [-0.3, -0.25) is 0 Å². The van der Waals surface area contributed by atoms with Crippen molar-refractivity contribution in [3.8, 4) is 0 Å². The van der Waals surface area contributed by atoms with Crippen molar-refractivity contribution >= 4 is 6.03 Å². The van der Waals surface area contributed by atoms with Crippen LogP contribution < -0.4 is 5.32 Å². The largest absolute Gasteiger partial charge is 0.396 e. The summed E-state index contributed by atoms with van der Waals surface area (Å²) in [5, 5.41) is 11.8. The predicted molar refractivity (Wildman–Crippen MR) is 59.7 cm³/mol. The molecule has 1 saturated heterocycles. The number of nitrogens with zero attached hydrogens (tertiary/aromatic N) is 1. The zero-order valence-electron chi connectivity index (χ0n) is 9.70. The lowest BCUT2D eigenvalue weighted by molar-refractivity contribution is 0.148. The fourth-order valence-electron chi connectivity index (χ4n) is 2.01. The SMILES string of the molecule is CC(C)NC(=O)N1CCCC(CCO)C1. The van der Waals surface area contributed by atoms with E-state index in [1.54, 1.807) is 0 Å². The molecule has 2 amide bonds. The third-order valence-corrected chi connectivity index (χ3v) is 2.76. The maximum atomic E-state index is 11.7. The van der Waals surface area contributed by atoms with Crippen molar-refractivity contribution in [3.63, 3.8) is 0 Å². The average Bonchev–Trinajstić information content (AvgIpc) is 2.17. The van der Waals surface area contributed by atoms with Crippen LogP contribution in [0.2, 0.25) is 0 Å². The Bertz CT molecular complexity index is 205. The van der Waals surface area contributed by atoms with E-state index in [-0.39, 0.29) is 18.7 Å². The molecule has 4 nitrogen and oxygen atoms in total. The molecule has 1 fully saturated rings. The molecule has 1 atom stereocenters. The summed E-state index contributed by atoms with van der Waals surface area (Å²) in [7, 11) is 0. The summed E-state index contributed by atoms with van der Waals surface area (Å²) in [5.74, 6) is 0.474. The number of aliphatic hydroxyl groups excluding tert-OH is 1. The minimum atomic E-state index is 0.0349. The fourth-order valence-corrected chi connectivity index (χ4v) is 2.01. The van der Waals surface area contributed by atoms with E-state index in [9.17, 15) is 4.79 Å². The molecule has 1 rings (SSSR count). The lowest BCUT2D eigenvalue weighted by atomic mass is 9.95. The van der Waals surface area contributed by atoms with Crippen LogP contribution in [0.4, 0.5) is 4.79 Å². The van der Waals surface area contributed by atoms with Crippen LogP contribution in [0.15, 0.2) is 0 Å². The van der Waals surface area contributed by atoms with Gasteiger partial charge in [0.25, 0.3) is 0 Å². The lowest BCUT2D eigenvalue weighted by Gasteiger charge is -2.33. The topological polar surface area (TPSA) is 52.6 Å². The van der Waals surface area contributed by atoms with Crippen LogP contribution in [0.3, 0.4) is 0 Å². The molecule has 4 heteroatoms. The first-order valence-electron chi connectivity index (χ1n) is 5.79. The number of nitrogens with one attached hydrogen (secondary N) is 1. The molecule has 1 heterocycles. The van der Waals surface area contributed by atoms with Gasteiger partial charge < -0.3 is 15.3 Å². The Morgan fingerprint density at radius 3 is 2.93 bits per heavy atom. The van der Waals surface area contributed by atoms with Crippen molar-refractivity contribution in [1.29, 1.82) is 0 Å². The minimum Gasteiger partial charge on any atom is -0.396 e. The summed E-state index contributed by atoms with van der Waals surface area (Å²) < 4.78 is 0. The fraction of sp³-hybridized carbons (Fsp3) is 0.909. The van der Waals surface area contributed by atoms with Gasteiger partial charge in [-0.2, -0.15) is 0 Å². The van der Waals surface area contributed by atoms with Crippen molar-refractivity contribution in [1.82, 2.24) is 10.2 Å². The highest BCUT2D eigenvalue weighted by molar-refractivity contribution is 5.74. The molecule has 0 aromatic heterocycles. The second kappa shape index (κ2) is 5.95. The Labute approximate surface area is 91.6 Å². The Kier molecular flexibility index (Phi) is 4.88. The van der Waals surface area contributed by atoms with Crippen LogP contribution >= 0.6 is 0 Å². The molecular weight excluding hydrogens is 192 g/mol. The Morgan fingerprint density at radius 1 is 1.60 bits per heavy atom. The number of carbonyl (C=O) groups is 1. The van der Waals surface area contributed by atoms with E-state index in [2.05, 4.69) is 5.32 Å². The number of amides is 2. The van der Waals surface area contributed by atoms with Gasteiger partial charge in [0.05, 0.1) is 0 Å². The minimum absolute atomic E-state index is 0.0349. The molecule has 88 valence electrons. The number of urea groups is 1. The first-order chi connectivity index (χ1) is 7.13. The standard InChI is InChI=1S/C11H22N2O2/c1-9(2)12-11(15)13-6-3-4-10(8-13)5-7-14/h9-10,14H,3-8H2,1-2H3,(H,12,15). The summed E-state index contributed by atoms with van der Waals surface area (Å²) in [4.78, 5) is 13.6. The van der Waals surface area contributed by atoms with Crippen LogP contribution in [-0.2, 0) is 0 Å². The molecular formula is C11H22N2O2. The summed E-state index contributed by atoms with van der Waals surface area (Å²) >= 11 is 0. The maximum Gasteiger partial charge on any atom is 0.317 e. The highest BCUT2D eigenvalue weighted by Crippen LogP contribution is 2.19. The van der Waals surface area contributed by atoms with Gasteiger partial charge in [-0.1, -0.05) is 0 Å².